The Morgan fingerprint density at radius 1 is 0.833 bits per heavy atom. The van der Waals surface area contributed by atoms with Crippen LogP contribution < -0.4 is 5.32 Å². The molecule has 2 heterocycles. The molecule has 0 radical (unpaired) electrons. The lowest BCUT2D eigenvalue weighted by Gasteiger charge is -2.10. The first-order valence-electron chi connectivity index (χ1n) is 5.82. The average Bonchev–Trinajstić information content (AvgIpc) is 3.10. The summed E-state index contributed by atoms with van der Waals surface area (Å²) in [6.45, 7) is 0.889. The summed E-state index contributed by atoms with van der Waals surface area (Å²) in [5.41, 5.74) is 2.48. The number of benzene rings is 1. The predicted octanol–water partition coefficient (Wildman–Crippen LogP) is 5.09. The molecule has 0 unspecified atom stereocenters. The van der Waals surface area contributed by atoms with Gasteiger partial charge >= 0.3 is 0 Å². The van der Waals surface area contributed by atoms with Gasteiger partial charge in [0.15, 0.2) is 0 Å². The van der Waals surface area contributed by atoms with Gasteiger partial charge in [-0.25, -0.2) is 0 Å². The van der Waals surface area contributed by atoms with Crippen LogP contribution in [0.15, 0.2) is 59.3 Å². The first-order valence-corrected chi connectivity index (χ1v) is 7.58. The van der Waals surface area contributed by atoms with Crippen molar-refractivity contribution in [3.63, 3.8) is 0 Å². The lowest BCUT2D eigenvalue weighted by Crippen LogP contribution is -1.98. The molecule has 0 amide bonds. The molecule has 1 nitrogen and oxygen atoms in total. The predicted molar refractivity (Wildman–Crippen MR) is 81.4 cm³/mol. The van der Waals surface area contributed by atoms with Gasteiger partial charge in [0.2, 0.25) is 0 Å². The maximum atomic E-state index is 3.52. The smallest absolute Gasteiger partial charge is 0.0494 e. The number of thiophene rings is 2. The Bertz CT molecular complexity index is 597. The van der Waals surface area contributed by atoms with Crippen molar-refractivity contribution in [3.05, 3.63) is 64.2 Å². The van der Waals surface area contributed by atoms with Gasteiger partial charge in [-0.1, -0.05) is 30.3 Å². The second-order valence-electron chi connectivity index (χ2n) is 3.96. The van der Waals surface area contributed by atoms with Gasteiger partial charge in [-0.3, -0.25) is 0 Å². The van der Waals surface area contributed by atoms with Crippen molar-refractivity contribution in [2.24, 2.45) is 0 Å². The third-order valence-corrected chi connectivity index (χ3v) is 4.53. The fraction of sp³-hybridized carbons (Fsp3) is 0.0667. The van der Waals surface area contributed by atoms with E-state index in [1.807, 2.05) is 0 Å². The van der Waals surface area contributed by atoms with E-state index in [9.17, 15) is 0 Å². The van der Waals surface area contributed by atoms with Crippen LogP contribution in [0.1, 0.15) is 4.88 Å². The summed E-state index contributed by atoms with van der Waals surface area (Å²) in [5, 5.41) is 7.75. The molecule has 1 N–H and O–H groups in total. The average molecular weight is 271 g/mol. The number of rotatable bonds is 4. The summed E-state index contributed by atoms with van der Waals surface area (Å²) in [5.74, 6) is 0. The topological polar surface area (TPSA) is 12.0 Å². The fourth-order valence-electron chi connectivity index (χ4n) is 1.88. The van der Waals surface area contributed by atoms with Crippen molar-refractivity contribution in [1.29, 1.82) is 0 Å². The van der Waals surface area contributed by atoms with Crippen molar-refractivity contribution >= 4 is 28.4 Å². The monoisotopic (exact) mass is 271 g/mol. The summed E-state index contributed by atoms with van der Waals surface area (Å²) in [7, 11) is 0. The number of nitrogens with one attached hydrogen (secondary N) is 1. The first-order chi connectivity index (χ1) is 8.93. The molecule has 3 heteroatoms. The van der Waals surface area contributed by atoms with Crippen molar-refractivity contribution in [2.45, 2.75) is 6.54 Å². The maximum Gasteiger partial charge on any atom is 0.0494 e. The summed E-state index contributed by atoms with van der Waals surface area (Å²) < 4.78 is 0. The molecule has 0 saturated carbocycles. The van der Waals surface area contributed by atoms with Crippen molar-refractivity contribution < 1.29 is 0 Å². The maximum absolute atomic E-state index is 3.52. The molecule has 3 rings (SSSR count). The Morgan fingerprint density at radius 3 is 2.44 bits per heavy atom. The first kappa shape index (κ1) is 11.5. The molecule has 0 fully saturated rings. The summed E-state index contributed by atoms with van der Waals surface area (Å²) >= 11 is 3.56. The molecule has 0 aliphatic heterocycles. The Morgan fingerprint density at radius 2 is 1.67 bits per heavy atom. The molecule has 0 saturated heterocycles. The van der Waals surface area contributed by atoms with Gasteiger partial charge in [-0.15, -0.1) is 22.7 Å². The van der Waals surface area contributed by atoms with Crippen molar-refractivity contribution in [3.8, 4) is 10.4 Å². The van der Waals surface area contributed by atoms with Crippen LogP contribution in [0, 0.1) is 0 Å². The van der Waals surface area contributed by atoms with Gasteiger partial charge in [0.1, 0.15) is 0 Å². The number of hydrogen-bond acceptors (Lipinski definition) is 3. The number of anilines is 1. The SMILES string of the molecule is c1csc(CNc2ccccc2-c2cccs2)c1. The van der Waals surface area contributed by atoms with Gasteiger partial charge in [0.25, 0.3) is 0 Å². The minimum absolute atomic E-state index is 0.889. The van der Waals surface area contributed by atoms with Crippen LogP contribution in [0.2, 0.25) is 0 Å². The highest BCUT2D eigenvalue weighted by molar-refractivity contribution is 7.13. The summed E-state index contributed by atoms with van der Waals surface area (Å²) in [6.07, 6.45) is 0. The van der Waals surface area contributed by atoms with E-state index in [0.717, 1.165) is 6.54 Å². The van der Waals surface area contributed by atoms with Crippen LogP contribution in [0.5, 0.6) is 0 Å². The van der Waals surface area contributed by atoms with Gasteiger partial charge in [0, 0.05) is 27.5 Å². The van der Waals surface area contributed by atoms with Crippen LogP contribution in [-0.2, 0) is 6.54 Å². The van der Waals surface area contributed by atoms with Crippen molar-refractivity contribution in [2.75, 3.05) is 5.32 Å². The Kier molecular flexibility index (Phi) is 3.44. The zero-order valence-corrected chi connectivity index (χ0v) is 11.4. The number of hydrogen-bond donors (Lipinski definition) is 1. The second-order valence-corrected chi connectivity index (χ2v) is 5.94. The zero-order chi connectivity index (χ0) is 12.2. The second kappa shape index (κ2) is 5.38. The molecule has 90 valence electrons. The molecule has 3 aromatic rings. The molecular weight excluding hydrogens is 258 g/mol. The lowest BCUT2D eigenvalue weighted by molar-refractivity contribution is 1.19. The number of para-hydroxylation sites is 1. The summed E-state index contributed by atoms with van der Waals surface area (Å²) in [4.78, 5) is 2.67. The van der Waals surface area contributed by atoms with Gasteiger partial charge in [-0.05, 0) is 29.0 Å². The van der Waals surface area contributed by atoms with Crippen LogP contribution in [-0.4, -0.2) is 0 Å². The highest BCUT2D eigenvalue weighted by Crippen LogP contribution is 2.31. The van der Waals surface area contributed by atoms with E-state index < -0.39 is 0 Å². The lowest BCUT2D eigenvalue weighted by atomic mass is 10.1. The highest BCUT2D eigenvalue weighted by atomic mass is 32.1. The minimum atomic E-state index is 0.889. The van der Waals surface area contributed by atoms with E-state index in [-0.39, 0.29) is 0 Å². The fourth-order valence-corrected chi connectivity index (χ4v) is 3.29. The van der Waals surface area contributed by atoms with E-state index >= 15 is 0 Å². The molecule has 2 aromatic heterocycles. The Balaban J connectivity index is 1.84. The molecule has 0 bridgehead atoms. The molecule has 0 aliphatic rings. The van der Waals surface area contributed by atoms with Gasteiger partial charge in [0.05, 0.1) is 0 Å². The Hall–Kier alpha value is -1.58. The van der Waals surface area contributed by atoms with Gasteiger partial charge in [-0.2, -0.15) is 0 Å². The van der Waals surface area contributed by atoms with E-state index in [2.05, 4.69) is 64.6 Å². The molecule has 0 spiro atoms. The molecule has 0 atom stereocenters. The molecule has 18 heavy (non-hydrogen) atoms. The van der Waals surface area contributed by atoms with E-state index in [0.29, 0.717) is 0 Å². The Labute approximate surface area is 115 Å². The van der Waals surface area contributed by atoms with Crippen LogP contribution in [0.4, 0.5) is 5.69 Å². The molecule has 1 aromatic carbocycles. The quantitative estimate of drug-likeness (QED) is 0.697. The van der Waals surface area contributed by atoms with Crippen LogP contribution in [0.25, 0.3) is 10.4 Å². The van der Waals surface area contributed by atoms with E-state index in [1.165, 1.54) is 21.0 Å². The normalized spacial score (nSPS) is 10.4. The van der Waals surface area contributed by atoms with E-state index in [1.54, 1.807) is 22.7 Å². The van der Waals surface area contributed by atoms with E-state index in [4.69, 9.17) is 0 Å². The van der Waals surface area contributed by atoms with Crippen LogP contribution >= 0.6 is 22.7 Å². The third-order valence-electron chi connectivity index (χ3n) is 2.75. The van der Waals surface area contributed by atoms with Crippen molar-refractivity contribution in [1.82, 2.24) is 0 Å². The minimum Gasteiger partial charge on any atom is -0.380 e. The van der Waals surface area contributed by atoms with Gasteiger partial charge < -0.3 is 5.32 Å². The molecular formula is C15H13NS2. The zero-order valence-electron chi connectivity index (χ0n) is 9.80. The standard InChI is InChI=1S/C15H13NS2/c1-2-7-14(16-11-12-5-3-9-17-12)13(6-1)15-8-4-10-18-15/h1-10,16H,11H2. The largest absolute Gasteiger partial charge is 0.380 e. The third kappa shape index (κ3) is 2.47. The van der Waals surface area contributed by atoms with Crippen LogP contribution in [0.3, 0.4) is 0 Å². The molecule has 0 aliphatic carbocycles. The highest BCUT2D eigenvalue weighted by Gasteiger charge is 2.05. The summed E-state index contributed by atoms with van der Waals surface area (Å²) in [6, 6.07) is 17.0.